The van der Waals surface area contributed by atoms with Gasteiger partial charge in [-0.2, -0.15) is 0 Å². The third-order valence-electron chi connectivity index (χ3n) is 2.02. The van der Waals surface area contributed by atoms with Gasteiger partial charge in [-0.3, -0.25) is 0 Å². The van der Waals surface area contributed by atoms with Gasteiger partial charge in [0.2, 0.25) is 0 Å². The lowest BCUT2D eigenvalue weighted by molar-refractivity contribution is -0.0726. The van der Waals surface area contributed by atoms with E-state index in [2.05, 4.69) is 0 Å². The lowest BCUT2D eigenvalue weighted by atomic mass is 10.0. The number of hydrogen-bond acceptors (Lipinski definition) is 2. The molecule has 0 unspecified atom stereocenters. The van der Waals surface area contributed by atoms with Crippen molar-refractivity contribution < 1.29 is 22.7 Å². The third kappa shape index (κ3) is 2.45. The van der Waals surface area contributed by atoms with Crippen molar-refractivity contribution in [3.8, 4) is 0 Å². The summed E-state index contributed by atoms with van der Waals surface area (Å²) in [5.74, 6) is -6.36. The Morgan fingerprint density at radius 3 is 2.12 bits per heavy atom. The molecule has 0 spiro atoms. The number of alkyl halides is 2. The summed E-state index contributed by atoms with van der Waals surface area (Å²) in [5, 5.41) is 8.10. The van der Waals surface area contributed by atoms with Crippen LogP contribution in [-0.4, -0.2) is 17.6 Å². The monoisotopic (exact) mass is 257 g/mol. The van der Waals surface area contributed by atoms with Crippen molar-refractivity contribution in [2.45, 2.75) is 12.0 Å². The molecule has 1 aromatic carbocycles. The molecule has 0 saturated carbocycles. The summed E-state index contributed by atoms with van der Waals surface area (Å²) in [7, 11) is 0. The molecule has 0 heterocycles. The van der Waals surface area contributed by atoms with Crippen molar-refractivity contribution in [3.05, 3.63) is 34.4 Å². The number of benzene rings is 1. The van der Waals surface area contributed by atoms with Crippen LogP contribution in [0, 0.1) is 11.6 Å². The first-order chi connectivity index (χ1) is 7.29. The van der Waals surface area contributed by atoms with E-state index < -0.39 is 35.8 Å². The van der Waals surface area contributed by atoms with Gasteiger partial charge in [0, 0.05) is 10.6 Å². The normalized spacial score (nSPS) is 13.9. The Morgan fingerprint density at radius 2 is 1.75 bits per heavy atom. The molecule has 0 amide bonds. The Balaban J connectivity index is 3.24. The lowest BCUT2D eigenvalue weighted by Crippen LogP contribution is -2.37. The van der Waals surface area contributed by atoms with Gasteiger partial charge in [-0.1, -0.05) is 11.6 Å². The molecule has 0 bridgehead atoms. The molecule has 1 aromatic rings. The molecule has 7 heteroatoms. The number of nitrogens with two attached hydrogens (primary N) is 1. The van der Waals surface area contributed by atoms with E-state index in [0.29, 0.717) is 12.1 Å². The van der Waals surface area contributed by atoms with Gasteiger partial charge in [-0.15, -0.1) is 0 Å². The Bertz CT molecular complexity index is 376. The summed E-state index contributed by atoms with van der Waals surface area (Å²) in [4.78, 5) is 0. The molecule has 16 heavy (non-hydrogen) atoms. The first-order valence-electron chi connectivity index (χ1n) is 4.18. The number of hydrogen-bond donors (Lipinski definition) is 2. The van der Waals surface area contributed by atoms with Crippen LogP contribution < -0.4 is 5.73 Å². The Labute approximate surface area is 93.6 Å². The average molecular weight is 258 g/mol. The van der Waals surface area contributed by atoms with Gasteiger partial charge in [0.05, 0.1) is 0 Å². The van der Waals surface area contributed by atoms with E-state index in [4.69, 9.17) is 22.4 Å². The maximum atomic E-state index is 13.2. The first-order valence-corrected chi connectivity index (χ1v) is 4.56. The van der Waals surface area contributed by atoms with Gasteiger partial charge >= 0.3 is 0 Å². The second-order valence-corrected chi connectivity index (χ2v) is 3.62. The fourth-order valence-electron chi connectivity index (χ4n) is 1.16. The van der Waals surface area contributed by atoms with Gasteiger partial charge in [-0.05, 0) is 12.1 Å². The Morgan fingerprint density at radius 1 is 1.31 bits per heavy atom. The maximum absolute atomic E-state index is 13.2. The summed E-state index contributed by atoms with van der Waals surface area (Å²) in [6.07, 6.45) is 0. The van der Waals surface area contributed by atoms with Crippen molar-refractivity contribution >= 4 is 11.6 Å². The number of aliphatic hydroxyl groups excluding tert-OH is 1. The number of aliphatic hydroxyl groups is 1. The molecule has 90 valence electrons. The smallest absolute Gasteiger partial charge is 0.289 e. The highest BCUT2D eigenvalue weighted by molar-refractivity contribution is 6.30. The highest BCUT2D eigenvalue weighted by Crippen LogP contribution is 2.33. The van der Waals surface area contributed by atoms with E-state index in [1.165, 1.54) is 0 Å². The zero-order valence-electron chi connectivity index (χ0n) is 7.85. The summed E-state index contributed by atoms with van der Waals surface area (Å²) >= 11 is 5.32. The molecule has 1 rings (SSSR count). The molecule has 2 nitrogen and oxygen atoms in total. The average Bonchev–Trinajstić information content (AvgIpc) is 2.15. The maximum Gasteiger partial charge on any atom is 0.289 e. The summed E-state index contributed by atoms with van der Waals surface area (Å²) < 4.78 is 52.3. The fourth-order valence-corrected chi connectivity index (χ4v) is 1.35. The van der Waals surface area contributed by atoms with Crippen LogP contribution in [0.2, 0.25) is 5.02 Å². The zero-order chi connectivity index (χ0) is 12.5. The van der Waals surface area contributed by atoms with E-state index in [1.807, 2.05) is 0 Å². The molecule has 0 saturated heterocycles. The minimum absolute atomic E-state index is 0.265. The molecule has 0 fully saturated rings. The zero-order valence-corrected chi connectivity index (χ0v) is 8.61. The summed E-state index contributed by atoms with van der Waals surface area (Å²) in [6.45, 7) is -1.60. The van der Waals surface area contributed by atoms with Crippen molar-refractivity contribution in [2.24, 2.45) is 5.73 Å². The fraction of sp³-hybridized carbons (Fsp3) is 0.333. The van der Waals surface area contributed by atoms with Crippen molar-refractivity contribution in [1.29, 1.82) is 0 Å². The van der Waals surface area contributed by atoms with Gasteiger partial charge in [0.25, 0.3) is 5.92 Å². The second-order valence-electron chi connectivity index (χ2n) is 3.18. The van der Waals surface area contributed by atoms with E-state index in [-0.39, 0.29) is 5.02 Å². The third-order valence-corrected chi connectivity index (χ3v) is 2.24. The van der Waals surface area contributed by atoms with E-state index >= 15 is 0 Å². The van der Waals surface area contributed by atoms with Crippen LogP contribution in [0.1, 0.15) is 11.6 Å². The molecule has 1 atom stereocenters. The van der Waals surface area contributed by atoms with Crippen LogP contribution in [0.25, 0.3) is 0 Å². The molecule has 0 aliphatic heterocycles. The van der Waals surface area contributed by atoms with Crippen LogP contribution in [0.15, 0.2) is 12.1 Å². The highest BCUT2D eigenvalue weighted by Gasteiger charge is 2.40. The number of rotatable bonds is 3. The quantitative estimate of drug-likeness (QED) is 0.816. The molecule has 0 aliphatic carbocycles. The van der Waals surface area contributed by atoms with E-state index in [0.717, 1.165) is 0 Å². The van der Waals surface area contributed by atoms with Crippen LogP contribution in [-0.2, 0) is 0 Å². The predicted molar refractivity (Wildman–Crippen MR) is 50.3 cm³/mol. The van der Waals surface area contributed by atoms with E-state index in [1.54, 1.807) is 0 Å². The van der Waals surface area contributed by atoms with Crippen LogP contribution in [0.5, 0.6) is 0 Å². The van der Waals surface area contributed by atoms with Crippen LogP contribution in [0.4, 0.5) is 17.6 Å². The lowest BCUT2D eigenvalue weighted by Gasteiger charge is -2.22. The molecule has 3 N–H and O–H groups in total. The molecule has 0 aromatic heterocycles. The van der Waals surface area contributed by atoms with Crippen molar-refractivity contribution in [3.63, 3.8) is 0 Å². The van der Waals surface area contributed by atoms with Crippen molar-refractivity contribution in [2.75, 3.05) is 6.61 Å². The van der Waals surface area contributed by atoms with Gasteiger partial charge in [0.15, 0.2) is 0 Å². The molecular weight excluding hydrogens is 250 g/mol. The van der Waals surface area contributed by atoms with E-state index in [9.17, 15) is 17.6 Å². The minimum atomic E-state index is -3.81. The molecule has 0 radical (unpaired) electrons. The highest BCUT2D eigenvalue weighted by atomic mass is 35.5. The summed E-state index contributed by atoms with van der Waals surface area (Å²) in [6, 6.07) is -0.921. The minimum Gasteiger partial charge on any atom is -0.390 e. The molecular formula is C9H8ClF4NO. The van der Waals surface area contributed by atoms with Crippen molar-refractivity contribution in [1.82, 2.24) is 0 Å². The topological polar surface area (TPSA) is 46.2 Å². The Hall–Kier alpha value is -0.850. The Kier molecular flexibility index (Phi) is 3.77. The standard InChI is InChI=1S/C9H8ClF4NO/c10-4-1-5(11)7(6(12)2-4)8(15)9(13,14)3-16/h1-2,8,16H,3,15H2/t8-/m1/s1. The summed E-state index contributed by atoms with van der Waals surface area (Å²) in [5.41, 5.74) is 4.01. The van der Waals surface area contributed by atoms with Gasteiger partial charge in [0.1, 0.15) is 24.3 Å². The second kappa shape index (κ2) is 4.57. The van der Waals surface area contributed by atoms with Gasteiger partial charge in [-0.25, -0.2) is 17.6 Å². The largest absolute Gasteiger partial charge is 0.390 e. The number of halogens is 5. The molecule has 0 aliphatic rings. The SMILES string of the molecule is N[C@H](c1c(F)cc(Cl)cc1F)C(F)(F)CO. The first kappa shape index (κ1) is 13.2. The predicted octanol–water partition coefficient (Wildman–Crippen LogP) is 2.25. The van der Waals surface area contributed by atoms with Crippen LogP contribution >= 0.6 is 11.6 Å². The van der Waals surface area contributed by atoms with Crippen LogP contribution in [0.3, 0.4) is 0 Å². The van der Waals surface area contributed by atoms with Gasteiger partial charge < -0.3 is 10.8 Å².